The number of ether oxygens (including phenoxy) is 5. The maximum absolute atomic E-state index is 12.8. The molecule has 0 radical (unpaired) electrons. The Kier molecular flexibility index (Phi) is 14.1. The summed E-state index contributed by atoms with van der Waals surface area (Å²) in [6.07, 6.45) is 2.38. The molecular formula is C36H48N6O8. The van der Waals surface area contributed by atoms with Crippen molar-refractivity contribution in [1.29, 1.82) is 5.26 Å². The third-order valence-electron chi connectivity index (χ3n) is 8.97. The van der Waals surface area contributed by atoms with E-state index >= 15 is 0 Å². The van der Waals surface area contributed by atoms with Crippen molar-refractivity contribution in [2.75, 3.05) is 64.7 Å². The molecule has 3 aromatic rings. The number of piperidine rings is 1. The summed E-state index contributed by atoms with van der Waals surface area (Å²) in [5.74, 6) is -0.430. The number of carbonyl (C=O) groups excluding carboxylic acids is 1. The minimum atomic E-state index is -1.05. The van der Waals surface area contributed by atoms with Crippen LogP contribution in [0.1, 0.15) is 43.9 Å². The summed E-state index contributed by atoms with van der Waals surface area (Å²) in [5, 5.41) is 43.1. The fraction of sp³-hybridized carbons (Fsp3) is 0.556. The van der Waals surface area contributed by atoms with Gasteiger partial charge in [0.25, 0.3) is 5.91 Å². The molecule has 5 rings (SSSR count). The third kappa shape index (κ3) is 10.3. The van der Waals surface area contributed by atoms with Gasteiger partial charge in [-0.15, -0.1) is 5.10 Å². The van der Waals surface area contributed by atoms with Crippen molar-refractivity contribution in [3.8, 4) is 6.07 Å². The zero-order chi connectivity index (χ0) is 35.3. The molecule has 3 heterocycles. The van der Waals surface area contributed by atoms with E-state index < -0.39 is 30.5 Å². The van der Waals surface area contributed by atoms with Crippen LogP contribution in [0.15, 0.2) is 48.2 Å². The Morgan fingerprint density at radius 2 is 1.74 bits per heavy atom. The lowest BCUT2D eigenvalue weighted by Gasteiger charge is -2.36. The fourth-order valence-electron chi connectivity index (χ4n) is 6.10. The van der Waals surface area contributed by atoms with Crippen molar-refractivity contribution in [3.05, 3.63) is 59.4 Å². The highest BCUT2D eigenvalue weighted by Gasteiger charge is 2.37. The second kappa shape index (κ2) is 18.9. The van der Waals surface area contributed by atoms with Crippen LogP contribution >= 0.6 is 0 Å². The summed E-state index contributed by atoms with van der Waals surface area (Å²) >= 11 is 0. The number of amides is 1. The zero-order valence-corrected chi connectivity index (χ0v) is 28.8. The number of nitrogens with one attached hydrogen (secondary N) is 1. The van der Waals surface area contributed by atoms with Crippen LogP contribution in [-0.4, -0.2) is 115 Å². The van der Waals surface area contributed by atoms with Crippen molar-refractivity contribution in [3.63, 3.8) is 0 Å². The van der Waals surface area contributed by atoms with Crippen LogP contribution in [0.4, 0.5) is 5.69 Å². The van der Waals surface area contributed by atoms with Gasteiger partial charge < -0.3 is 44.1 Å². The predicted molar refractivity (Wildman–Crippen MR) is 185 cm³/mol. The van der Waals surface area contributed by atoms with Crippen molar-refractivity contribution in [2.24, 2.45) is 0 Å². The third-order valence-corrected chi connectivity index (χ3v) is 8.97. The molecule has 2 saturated heterocycles. The van der Waals surface area contributed by atoms with Crippen LogP contribution in [0, 0.1) is 11.3 Å². The van der Waals surface area contributed by atoms with E-state index in [2.05, 4.69) is 50.9 Å². The van der Waals surface area contributed by atoms with E-state index in [-0.39, 0.29) is 38.3 Å². The molecule has 1 amide bonds. The number of aromatic nitrogens is 3. The van der Waals surface area contributed by atoms with Gasteiger partial charge in [-0.1, -0.05) is 23.4 Å². The standard InChI is InChI=1S/C36H48N6O8/c1-25(26-6-7-28-19-30(9-8-27(28)18-26)41-11-4-3-5-12-41)31(21-37)36(45)38-10-13-47-14-15-48-16-17-49-24-29-22-42(40-39-29)23-33-35(44)32(43)20-34(46-2)50-33/h6-9,18-19,22,32-35,43-44H,3-5,10-17,20,23-24H2,1-2H3,(H,38,45)/b31-25+/t32-,33-,34+,35+/m1/s1. The van der Waals surface area contributed by atoms with Crippen LogP contribution in [-0.2, 0) is 41.6 Å². The van der Waals surface area contributed by atoms with E-state index in [4.69, 9.17) is 23.7 Å². The van der Waals surface area contributed by atoms with Crippen molar-refractivity contribution in [2.45, 2.75) is 70.4 Å². The van der Waals surface area contributed by atoms with Gasteiger partial charge in [-0.25, -0.2) is 4.68 Å². The van der Waals surface area contributed by atoms with Crippen molar-refractivity contribution >= 4 is 27.9 Å². The minimum absolute atomic E-state index is 0.0808. The van der Waals surface area contributed by atoms with Crippen LogP contribution in [0.3, 0.4) is 0 Å². The Hall–Kier alpha value is -3.94. The Bertz CT molecular complexity index is 1620. The molecule has 0 aliphatic carbocycles. The van der Waals surface area contributed by atoms with Gasteiger partial charge in [0.1, 0.15) is 29.5 Å². The Morgan fingerprint density at radius 1 is 1.02 bits per heavy atom. The number of carbonyl (C=O) groups is 1. The highest BCUT2D eigenvalue weighted by molar-refractivity contribution is 6.05. The van der Waals surface area contributed by atoms with Gasteiger partial charge in [0, 0.05) is 38.9 Å². The quantitative estimate of drug-likeness (QED) is 0.107. The number of rotatable bonds is 17. The van der Waals surface area contributed by atoms with E-state index in [0.717, 1.165) is 29.4 Å². The van der Waals surface area contributed by atoms with Gasteiger partial charge in [0.15, 0.2) is 6.29 Å². The normalized spacial score (nSPS) is 21.5. The summed E-state index contributed by atoms with van der Waals surface area (Å²) in [6, 6.07) is 14.6. The van der Waals surface area contributed by atoms with Gasteiger partial charge in [0.05, 0.1) is 58.5 Å². The number of nitrogens with zero attached hydrogens (tertiary/aromatic N) is 5. The second-order valence-electron chi connectivity index (χ2n) is 12.5. The number of anilines is 1. The van der Waals surface area contributed by atoms with Crippen LogP contribution < -0.4 is 10.2 Å². The summed E-state index contributed by atoms with van der Waals surface area (Å²) in [7, 11) is 1.49. The SMILES string of the molecule is CO[C@@H]1C[C@@H](O)[C@H](O)[C@@H](Cn2cc(COCCOCCOCCNC(=O)/C(C#N)=C(\C)c3ccc4cc(N5CCCCC5)ccc4c3)nn2)O1. The molecule has 14 heteroatoms. The Labute approximate surface area is 292 Å². The molecule has 1 aromatic heterocycles. The summed E-state index contributed by atoms with van der Waals surface area (Å²) in [5.41, 5.74) is 3.39. The average molecular weight is 693 g/mol. The van der Waals surface area contributed by atoms with E-state index in [1.54, 1.807) is 13.1 Å². The summed E-state index contributed by atoms with van der Waals surface area (Å²) < 4.78 is 29.0. The van der Waals surface area contributed by atoms with Crippen LogP contribution in [0.2, 0.25) is 0 Å². The Morgan fingerprint density at radius 3 is 2.50 bits per heavy atom. The molecule has 2 fully saturated rings. The molecule has 50 heavy (non-hydrogen) atoms. The molecule has 14 nitrogen and oxygen atoms in total. The number of nitriles is 1. The lowest BCUT2D eigenvalue weighted by Crippen LogP contribution is -2.50. The maximum Gasteiger partial charge on any atom is 0.262 e. The lowest BCUT2D eigenvalue weighted by molar-refractivity contribution is -0.245. The molecule has 2 aliphatic rings. The number of aliphatic hydroxyl groups excluding tert-OH is 2. The van der Waals surface area contributed by atoms with Crippen LogP contribution in [0.5, 0.6) is 0 Å². The van der Waals surface area contributed by atoms with Crippen molar-refractivity contribution in [1.82, 2.24) is 20.3 Å². The number of hydrogen-bond acceptors (Lipinski definition) is 12. The molecule has 0 saturated carbocycles. The highest BCUT2D eigenvalue weighted by atomic mass is 16.7. The fourth-order valence-corrected chi connectivity index (χ4v) is 6.10. The molecule has 0 unspecified atom stereocenters. The molecule has 270 valence electrons. The molecule has 2 aromatic carbocycles. The van der Waals surface area contributed by atoms with Gasteiger partial charge >= 0.3 is 0 Å². The van der Waals surface area contributed by atoms with Crippen molar-refractivity contribution < 1.29 is 38.7 Å². The number of benzene rings is 2. The highest BCUT2D eigenvalue weighted by Crippen LogP contribution is 2.28. The van der Waals surface area contributed by atoms with Gasteiger partial charge in [-0.3, -0.25) is 4.79 Å². The van der Waals surface area contributed by atoms with E-state index in [0.29, 0.717) is 37.7 Å². The first-order chi connectivity index (χ1) is 24.4. The largest absolute Gasteiger partial charge is 0.390 e. The van der Waals surface area contributed by atoms with Gasteiger partial charge in [-0.2, -0.15) is 5.26 Å². The number of hydrogen-bond donors (Lipinski definition) is 3. The van der Waals surface area contributed by atoms with Gasteiger partial charge in [-0.05, 0) is 66.3 Å². The number of methoxy groups -OCH3 is 1. The summed E-state index contributed by atoms with van der Waals surface area (Å²) in [6.45, 7) is 6.36. The summed E-state index contributed by atoms with van der Waals surface area (Å²) in [4.78, 5) is 15.3. The molecule has 0 spiro atoms. The molecular weight excluding hydrogens is 644 g/mol. The smallest absolute Gasteiger partial charge is 0.262 e. The number of allylic oxidation sites excluding steroid dienone is 1. The molecule has 3 N–H and O–H groups in total. The molecule has 2 aliphatic heterocycles. The van der Waals surface area contributed by atoms with E-state index in [9.17, 15) is 20.3 Å². The predicted octanol–water partition coefficient (Wildman–Crippen LogP) is 2.57. The van der Waals surface area contributed by atoms with E-state index in [1.165, 1.54) is 36.7 Å². The lowest BCUT2D eigenvalue weighted by atomic mass is 9.98. The average Bonchev–Trinajstić information content (AvgIpc) is 3.59. The first-order valence-electron chi connectivity index (χ1n) is 17.2. The van der Waals surface area contributed by atoms with Gasteiger partial charge in [0.2, 0.25) is 0 Å². The monoisotopic (exact) mass is 692 g/mol. The minimum Gasteiger partial charge on any atom is -0.390 e. The van der Waals surface area contributed by atoms with Crippen LogP contribution in [0.25, 0.3) is 16.3 Å². The molecule has 0 bridgehead atoms. The zero-order valence-electron chi connectivity index (χ0n) is 28.8. The molecule has 4 atom stereocenters. The number of fused-ring (bicyclic) bond motifs is 1. The number of aliphatic hydroxyl groups is 2. The first-order valence-corrected chi connectivity index (χ1v) is 17.2. The maximum atomic E-state index is 12.8. The Balaban J connectivity index is 0.940. The second-order valence-corrected chi connectivity index (χ2v) is 12.5. The first kappa shape index (κ1) is 37.3. The topological polar surface area (TPSA) is 173 Å². The van der Waals surface area contributed by atoms with E-state index in [1.807, 2.05) is 12.1 Å².